The highest BCUT2D eigenvalue weighted by atomic mass is 16.5. The summed E-state index contributed by atoms with van der Waals surface area (Å²) in [5.41, 5.74) is 7.41. The number of rotatable bonds is 5. The van der Waals surface area contributed by atoms with Gasteiger partial charge in [-0.3, -0.25) is 14.4 Å². The lowest BCUT2D eigenvalue weighted by Gasteiger charge is -2.38. The van der Waals surface area contributed by atoms with Crippen LogP contribution in [-0.4, -0.2) is 84.4 Å². The van der Waals surface area contributed by atoms with Gasteiger partial charge in [0.1, 0.15) is 11.4 Å². The Kier molecular flexibility index (Phi) is 7.83. The molecule has 2 aliphatic rings. The number of nitrogens with zero attached hydrogens (tertiary/aromatic N) is 5. The summed E-state index contributed by atoms with van der Waals surface area (Å²) in [6.07, 6.45) is 2.99. The minimum Gasteiger partial charge on any atom is -0.480 e. The summed E-state index contributed by atoms with van der Waals surface area (Å²) < 4.78 is 5.05. The summed E-state index contributed by atoms with van der Waals surface area (Å²) in [5.74, 6) is -0.963. The summed E-state index contributed by atoms with van der Waals surface area (Å²) in [7, 11) is 3.49. The maximum atomic E-state index is 13.5. The topological polar surface area (TPSA) is 134 Å². The fourth-order valence-electron chi connectivity index (χ4n) is 5.44. The number of piperazine rings is 1. The van der Waals surface area contributed by atoms with Gasteiger partial charge in [-0.05, 0) is 55.6 Å². The lowest BCUT2D eigenvalue weighted by Crippen LogP contribution is -2.46. The van der Waals surface area contributed by atoms with E-state index in [-0.39, 0.29) is 29.1 Å². The smallest absolute Gasteiger partial charge is 0.313 e. The first-order chi connectivity index (χ1) is 19.2. The Balaban J connectivity index is 1.38. The second kappa shape index (κ2) is 11.5. The number of amides is 3. The van der Waals surface area contributed by atoms with Gasteiger partial charge in [0.05, 0.1) is 30.6 Å². The van der Waals surface area contributed by atoms with Gasteiger partial charge in [0.25, 0.3) is 5.91 Å². The van der Waals surface area contributed by atoms with Crippen LogP contribution in [0.15, 0.2) is 42.6 Å². The molecule has 2 saturated heterocycles. The van der Waals surface area contributed by atoms with Crippen LogP contribution in [0.3, 0.4) is 0 Å². The molecule has 2 aromatic heterocycles. The van der Waals surface area contributed by atoms with E-state index in [1.165, 1.54) is 19.4 Å². The largest absolute Gasteiger partial charge is 0.480 e. The van der Waals surface area contributed by atoms with Crippen molar-refractivity contribution < 1.29 is 19.1 Å². The van der Waals surface area contributed by atoms with Gasteiger partial charge in [0.2, 0.25) is 5.88 Å². The monoisotopic (exact) mass is 545 g/mol. The molecule has 2 fully saturated rings. The van der Waals surface area contributed by atoms with Crippen molar-refractivity contribution >= 4 is 40.1 Å². The van der Waals surface area contributed by atoms with Crippen molar-refractivity contribution in [3.8, 4) is 5.88 Å². The molecule has 11 nitrogen and oxygen atoms in total. The first-order valence-corrected chi connectivity index (χ1v) is 13.5. The molecule has 1 aromatic carbocycles. The minimum absolute atomic E-state index is 0.0110. The van der Waals surface area contributed by atoms with Crippen molar-refractivity contribution in [3.63, 3.8) is 0 Å². The van der Waals surface area contributed by atoms with Gasteiger partial charge in [-0.2, -0.15) is 0 Å². The van der Waals surface area contributed by atoms with Crippen LogP contribution >= 0.6 is 0 Å². The molecular weight excluding hydrogens is 510 g/mol. The van der Waals surface area contributed by atoms with Crippen molar-refractivity contribution in [3.05, 3.63) is 53.7 Å². The van der Waals surface area contributed by atoms with Gasteiger partial charge in [-0.1, -0.05) is 19.1 Å². The molecule has 3 N–H and O–H groups in total. The van der Waals surface area contributed by atoms with Gasteiger partial charge in [0.15, 0.2) is 0 Å². The molecule has 0 saturated carbocycles. The van der Waals surface area contributed by atoms with Gasteiger partial charge in [-0.25, -0.2) is 9.97 Å². The SMILES string of the molecule is COc1ncc(NC(=O)C(=O)N2C[C@@H](C)CC[C@@H]2c2ccc3ccc(N4CCN(C)CC4)nc3c2)cc1C(N)=O. The Bertz CT molecular complexity index is 1440. The third-order valence-electron chi connectivity index (χ3n) is 7.75. The van der Waals surface area contributed by atoms with E-state index < -0.39 is 17.7 Å². The average molecular weight is 546 g/mol. The second-order valence-corrected chi connectivity index (χ2v) is 10.7. The Morgan fingerprint density at radius 1 is 1.05 bits per heavy atom. The molecular formula is C29H35N7O4. The molecule has 0 spiro atoms. The van der Waals surface area contributed by atoms with Crippen LogP contribution < -0.4 is 20.7 Å². The van der Waals surface area contributed by atoms with Gasteiger partial charge < -0.3 is 30.5 Å². The summed E-state index contributed by atoms with van der Waals surface area (Å²) >= 11 is 0. The number of likely N-dealkylation sites (N-methyl/N-ethyl adjacent to an activating group) is 1. The number of hydrogen-bond donors (Lipinski definition) is 2. The number of fused-ring (bicyclic) bond motifs is 1. The van der Waals surface area contributed by atoms with Crippen LogP contribution in [0, 0.1) is 5.92 Å². The molecule has 0 radical (unpaired) electrons. The Morgan fingerprint density at radius 3 is 2.52 bits per heavy atom. The quantitative estimate of drug-likeness (QED) is 0.467. The zero-order valence-electron chi connectivity index (χ0n) is 23.1. The summed E-state index contributed by atoms with van der Waals surface area (Å²) in [6.45, 7) is 6.38. The lowest BCUT2D eigenvalue weighted by atomic mass is 9.89. The number of nitrogens with two attached hydrogens (primary N) is 1. The normalized spacial score (nSPS) is 19.9. The summed E-state index contributed by atoms with van der Waals surface area (Å²) in [6, 6.07) is 11.3. The summed E-state index contributed by atoms with van der Waals surface area (Å²) in [5, 5.41) is 3.60. The molecule has 3 amide bonds. The maximum absolute atomic E-state index is 13.5. The van der Waals surface area contributed by atoms with E-state index in [1.807, 2.05) is 18.2 Å². The van der Waals surface area contributed by atoms with E-state index in [9.17, 15) is 14.4 Å². The highest BCUT2D eigenvalue weighted by molar-refractivity contribution is 6.39. The number of carbonyl (C=O) groups excluding carboxylic acids is 3. The summed E-state index contributed by atoms with van der Waals surface area (Å²) in [4.78, 5) is 53.5. The minimum atomic E-state index is -0.808. The number of methoxy groups -OCH3 is 1. The van der Waals surface area contributed by atoms with Gasteiger partial charge in [0, 0.05) is 38.1 Å². The molecule has 4 heterocycles. The van der Waals surface area contributed by atoms with Crippen molar-refractivity contribution in [1.29, 1.82) is 0 Å². The fraction of sp³-hybridized carbons (Fsp3) is 0.414. The van der Waals surface area contributed by atoms with E-state index in [0.717, 1.165) is 61.3 Å². The molecule has 0 unspecified atom stereocenters. The highest BCUT2D eigenvalue weighted by Crippen LogP contribution is 2.35. The Labute approximate surface area is 233 Å². The maximum Gasteiger partial charge on any atom is 0.313 e. The molecule has 40 heavy (non-hydrogen) atoms. The first-order valence-electron chi connectivity index (χ1n) is 13.5. The van der Waals surface area contributed by atoms with E-state index in [0.29, 0.717) is 6.54 Å². The molecule has 0 bridgehead atoms. The van der Waals surface area contributed by atoms with Crippen molar-refractivity contribution in [2.24, 2.45) is 11.7 Å². The number of likely N-dealkylation sites (tertiary alicyclic amines) is 1. The standard InChI is InChI=1S/C29H35N7O4/c1-18-4-8-24(20-6-5-19-7-9-25(33-23(19)14-20)35-12-10-34(2)11-13-35)36(17-18)29(39)27(38)32-21-15-22(26(30)37)28(40-3)31-16-21/h5-7,9,14-16,18,24H,4,8,10-13,17H2,1-3H3,(H2,30,37)(H,32,38)/t18-,24+/m0/s1. The lowest BCUT2D eigenvalue weighted by molar-refractivity contribution is -0.146. The highest BCUT2D eigenvalue weighted by Gasteiger charge is 2.34. The predicted molar refractivity (Wildman–Crippen MR) is 152 cm³/mol. The molecule has 0 aliphatic carbocycles. The van der Waals surface area contributed by atoms with Crippen LogP contribution in [0.5, 0.6) is 5.88 Å². The van der Waals surface area contributed by atoms with Crippen LogP contribution in [0.25, 0.3) is 10.9 Å². The fourth-order valence-corrected chi connectivity index (χ4v) is 5.44. The number of nitrogens with one attached hydrogen (secondary N) is 1. The number of hydrogen-bond acceptors (Lipinski definition) is 8. The van der Waals surface area contributed by atoms with Crippen molar-refractivity contribution in [2.75, 3.05) is 57.1 Å². The molecule has 210 valence electrons. The van der Waals surface area contributed by atoms with Gasteiger partial charge >= 0.3 is 11.8 Å². The molecule has 11 heteroatoms. The zero-order chi connectivity index (χ0) is 28.4. The molecule has 2 aliphatic heterocycles. The molecule has 3 aromatic rings. The van der Waals surface area contributed by atoms with E-state index in [1.54, 1.807) is 4.90 Å². The molecule has 5 rings (SSSR count). The predicted octanol–water partition coefficient (Wildman–Crippen LogP) is 2.43. The first kappa shape index (κ1) is 27.3. The van der Waals surface area contributed by atoms with Gasteiger partial charge in [-0.15, -0.1) is 0 Å². The number of anilines is 2. The number of pyridine rings is 2. The van der Waals surface area contributed by atoms with Crippen LogP contribution in [0.2, 0.25) is 0 Å². The third-order valence-corrected chi connectivity index (χ3v) is 7.75. The van der Waals surface area contributed by atoms with E-state index >= 15 is 0 Å². The number of piperidine rings is 1. The second-order valence-electron chi connectivity index (χ2n) is 10.7. The Hall–Kier alpha value is -4.25. The van der Waals surface area contributed by atoms with Crippen LogP contribution in [0.4, 0.5) is 11.5 Å². The number of carbonyl (C=O) groups is 3. The number of ether oxygens (including phenoxy) is 1. The number of aromatic nitrogens is 2. The third kappa shape index (κ3) is 5.69. The van der Waals surface area contributed by atoms with Crippen LogP contribution in [0.1, 0.15) is 41.7 Å². The van der Waals surface area contributed by atoms with Crippen molar-refractivity contribution in [1.82, 2.24) is 19.8 Å². The number of benzene rings is 1. The molecule has 2 atom stereocenters. The van der Waals surface area contributed by atoms with E-state index in [4.69, 9.17) is 15.5 Å². The van der Waals surface area contributed by atoms with Crippen molar-refractivity contribution in [2.45, 2.75) is 25.8 Å². The average Bonchev–Trinajstić information content (AvgIpc) is 2.96. The van der Waals surface area contributed by atoms with Crippen LogP contribution in [-0.2, 0) is 9.59 Å². The van der Waals surface area contributed by atoms with E-state index in [2.05, 4.69) is 46.2 Å². The Morgan fingerprint density at radius 2 is 1.80 bits per heavy atom. The number of primary amides is 1. The zero-order valence-corrected chi connectivity index (χ0v) is 23.1.